The van der Waals surface area contributed by atoms with Crippen molar-refractivity contribution in [1.29, 1.82) is 0 Å². The van der Waals surface area contributed by atoms with Gasteiger partial charge in [-0.1, -0.05) is 38.1 Å². The Balaban J connectivity index is 2.50. The molecule has 0 radical (unpaired) electrons. The fourth-order valence-corrected chi connectivity index (χ4v) is 6.81. The molecule has 406 valence electrons. The number of carbonyl (C=O) groups is 11. The monoisotopic (exact) mass is 1040 g/mol. The number of nitrogens with zero attached hydrogens (tertiary/aromatic N) is 1. The molecule has 0 saturated heterocycles. The van der Waals surface area contributed by atoms with Crippen LogP contribution in [0.5, 0.6) is 11.5 Å². The number of carbonyl (C=O) groups excluding carboxylic acids is 9. The van der Waals surface area contributed by atoms with Crippen molar-refractivity contribution in [2.75, 3.05) is 13.2 Å². The van der Waals surface area contributed by atoms with Gasteiger partial charge in [-0.05, 0) is 60.6 Å². The first kappa shape index (κ1) is 61.5. The van der Waals surface area contributed by atoms with E-state index in [-0.39, 0.29) is 62.0 Å². The standard InChI is InChI=1S/C45H65N13O16/c1-21(2)14-27(38(67)53-29(16-23-7-11-25(61)12-8-23)40(69)56-31(19-36(64)65)42(71)57-32(44(73)74)18-35(48)63)52-39(68)28(15-22-5-9-24(60)10-6-22)54-41(70)30(17-34(47)62)55-43(72)33(20-59)58-37(66)26(46)4-3-13-51-45(49)50/h5-12,21,26-33,59-61H,3-4,13-20,46H2,1-2H3,(H2,47,62)(H2,48,63)(H,52,68)(H,53,67)(H,54,70)(H,55,72)(H,56,69)(H,57,71)(H,58,66)(H,64,65)(H,73,74)(H4,49,50,51). The third-order valence-electron chi connectivity index (χ3n) is 10.5. The van der Waals surface area contributed by atoms with Crippen molar-refractivity contribution < 1.29 is 78.3 Å². The average molecular weight is 1040 g/mol. The maximum atomic E-state index is 14.3. The summed E-state index contributed by atoms with van der Waals surface area (Å²) in [5.74, 6) is -14.3. The molecule has 0 spiro atoms. The van der Waals surface area contributed by atoms with E-state index < -0.39 is 139 Å². The van der Waals surface area contributed by atoms with Gasteiger partial charge in [0.25, 0.3) is 0 Å². The molecule has 0 aromatic heterocycles. The first-order valence-electron chi connectivity index (χ1n) is 22.8. The summed E-state index contributed by atoms with van der Waals surface area (Å²) in [5, 5.41) is 64.9. The fourth-order valence-electron chi connectivity index (χ4n) is 6.81. The minimum absolute atomic E-state index is 0.0593. The molecule has 0 saturated carbocycles. The van der Waals surface area contributed by atoms with Crippen molar-refractivity contribution >= 4 is 71.1 Å². The molecule has 8 atom stereocenters. The van der Waals surface area contributed by atoms with Crippen molar-refractivity contribution in [3.63, 3.8) is 0 Å². The summed E-state index contributed by atoms with van der Waals surface area (Å²) in [6, 6.07) is -2.93. The predicted octanol–water partition coefficient (Wildman–Crippen LogP) is -5.99. The SMILES string of the molecule is CC(C)CC(NC(=O)C(Cc1ccc(O)cc1)NC(=O)C(CC(N)=O)NC(=O)C(CO)NC(=O)C(N)CCCN=C(N)N)C(=O)NC(Cc1ccc(O)cc1)C(=O)NC(CC(=O)O)C(=O)NC(CC(N)=O)C(=O)O. The second-order valence-electron chi connectivity index (χ2n) is 17.3. The average Bonchev–Trinajstić information content (AvgIpc) is 3.31. The molecule has 2 rings (SSSR count). The molecule has 0 bridgehead atoms. The first-order chi connectivity index (χ1) is 34.7. The molecule has 0 fully saturated rings. The summed E-state index contributed by atoms with van der Waals surface area (Å²) in [5.41, 5.74) is 27.6. The lowest BCUT2D eigenvalue weighted by Gasteiger charge is -2.28. The van der Waals surface area contributed by atoms with Gasteiger partial charge in [-0.3, -0.25) is 52.9 Å². The normalized spacial score (nSPS) is 14.1. The van der Waals surface area contributed by atoms with Crippen LogP contribution in [0.1, 0.15) is 63.5 Å². The van der Waals surface area contributed by atoms with Crippen LogP contribution in [0.25, 0.3) is 0 Å². The van der Waals surface area contributed by atoms with Crippen LogP contribution in [0.4, 0.5) is 0 Å². The molecule has 29 heteroatoms. The van der Waals surface area contributed by atoms with Gasteiger partial charge in [-0.25, -0.2) is 4.79 Å². The molecular formula is C45H65N13O16. The summed E-state index contributed by atoms with van der Waals surface area (Å²) >= 11 is 0. The summed E-state index contributed by atoms with van der Waals surface area (Å²) in [7, 11) is 0. The Morgan fingerprint density at radius 2 is 0.878 bits per heavy atom. The number of amides is 9. The molecule has 8 unspecified atom stereocenters. The number of rotatable bonds is 32. The zero-order valence-corrected chi connectivity index (χ0v) is 40.4. The van der Waals surface area contributed by atoms with E-state index in [0.29, 0.717) is 11.1 Å². The van der Waals surface area contributed by atoms with Crippen LogP contribution < -0.4 is 65.9 Å². The number of hydrogen-bond acceptors (Lipinski definition) is 16. The maximum Gasteiger partial charge on any atom is 0.326 e. The topological polar surface area (TPSA) is 516 Å². The van der Waals surface area contributed by atoms with Crippen molar-refractivity contribution in [3.05, 3.63) is 59.7 Å². The Morgan fingerprint density at radius 1 is 0.514 bits per heavy atom. The number of phenolic OH excluding ortho intramolecular Hbond substituents is 2. The number of carboxylic acid groups (broad SMARTS) is 2. The number of benzene rings is 2. The maximum absolute atomic E-state index is 14.3. The van der Waals surface area contributed by atoms with Crippen LogP contribution in [0.2, 0.25) is 0 Å². The van der Waals surface area contributed by atoms with E-state index in [1.807, 2.05) is 5.32 Å². The van der Waals surface area contributed by atoms with E-state index in [9.17, 15) is 78.3 Å². The number of aliphatic carboxylic acids is 2. The van der Waals surface area contributed by atoms with E-state index in [1.165, 1.54) is 48.5 Å². The van der Waals surface area contributed by atoms with Crippen molar-refractivity contribution in [2.45, 2.75) is 114 Å². The van der Waals surface area contributed by atoms with E-state index in [1.54, 1.807) is 13.8 Å². The molecule has 0 aliphatic carbocycles. The van der Waals surface area contributed by atoms with Gasteiger partial charge in [0, 0.05) is 19.4 Å². The fraction of sp³-hybridized carbons (Fsp3) is 0.467. The molecule has 2 aromatic carbocycles. The largest absolute Gasteiger partial charge is 0.508 e. The number of aliphatic imine (C=N–C) groups is 1. The Hall–Kier alpha value is -8.60. The highest BCUT2D eigenvalue weighted by Crippen LogP contribution is 2.15. The zero-order valence-electron chi connectivity index (χ0n) is 40.4. The number of nitrogens with one attached hydrogen (secondary N) is 7. The lowest BCUT2D eigenvalue weighted by molar-refractivity contribution is -0.145. The predicted molar refractivity (Wildman–Crippen MR) is 259 cm³/mol. The molecule has 0 heterocycles. The highest BCUT2D eigenvalue weighted by atomic mass is 16.4. The number of aliphatic hydroxyl groups excluding tert-OH is 1. The van der Waals surface area contributed by atoms with Crippen LogP contribution in [0, 0.1) is 5.92 Å². The van der Waals surface area contributed by atoms with Gasteiger partial charge in [0.15, 0.2) is 5.96 Å². The second kappa shape index (κ2) is 30.3. The number of guanidine groups is 1. The van der Waals surface area contributed by atoms with Crippen molar-refractivity contribution in [2.24, 2.45) is 39.6 Å². The number of nitrogens with two attached hydrogens (primary N) is 5. The molecule has 0 aliphatic rings. The number of carboxylic acids is 2. The van der Waals surface area contributed by atoms with E-state index >= 15 is 0 Å². The Kier molecular flexibility index (Phi) is 25.2. The van der Waals surface area contributed by atoms with Crippen molar-refractivity contribution in [1.82, 2.24) is 37.2 Å². The van der Waals surface area contributed by atoms with Gasteiger partial charge in [-0.2, -0.15) is 0 Å². The molecule has 74 heavy (non-hydrogen) atoms. The number of phenols is 2. The van der Waals surface area contributed by atoms with E-state index in [0.717, 1.165) is 0 Å². The summed E-state index contributed by atoms with van der Waals surface area (Å²) < 4.78 is 0. The number of aliphatic hydroxyl groups is 1. The second-order valence-corrected chi connectivity index (χ2v) is 17.3. The van der Waals surface area contributed by atoms with Crippen LogP contribution in [-0.2, 0) is 65.6 Å². The van der Waals surface area contributed by atoms with E-state index in [4.69, 9.17) is 28.7 Å². The lowest BCUT2D eigenvalue weighted by atomic mass is 9.99. The molecule has 22 N–H and O–H groups in total. The van der Waals surface area contributed by atoms with Gasteiger partial charge in [-0.15, -0.1) is 0 Å². The Labute approximate surface area is 423 Å². The number of hydrogen-bond donors (Lipinski definition) is 17. The highest BCUT2D eigenvalue weighted by molar-refractivity contribution is 5.99. The first-order valence-corrected chi connectivity index (χ1v) is 22.8. The molecule has 0 aliphatic heterocycles. The summed E-state index contributed by atoms with van der Waals surface area (Å²) in [6.07, 6.45) is -3.43. The summed E-state index contributed by atoms with van der Waals surface area (Å²) in [6.45, 7) is 2.47. The third-order valence-corrected chi connectivity index (χ3v) is 10.5. The minimum atomic E-state index is -1.99. The van der Waals surface area contributed by atoms with Crippen molar-refractivity contribution in [3.8, 4) is 11.5 Å². The van der Waals surface area contributed by atoms with E-state index in [2.05, 4.69) is 36.9 Å². The van der Waals surface area contributed by atoms with Gasteiger partial charge in [0.2, 0.25) is 53.2 Å². The number of primary amides is 2. The van der Waals surface area contributed by atoms with Crippen LogP contribution in [0.15, 0.2) is 53.5 Å². The smallest absolute Gasteiger partial charge is 0.326 e. The molecule has 29 nitrogen and oxygen atoms in total. The zero-order chi connectivity index (χ0) is 55.8. The Morgan fingerprint density at radius 3 is 1.28 bits per heavy atom. The van der Waals surface area contributed by atoms with Gasteiger partial charge < -0.3 is 91.4 Å². The number of aromatic hydroxyl groups is 2. The summed E-state index contributed by atoms with van der Waals surface area (Å²) in [4.78, 5) is 147. The van der Waals surface area contributed by atoms with Crippen LogP contribution in [-0.4, -0.2) is 158 Å². The Bertz CT molecular complexity index is 2350. The van der Waals surface area contributed by atoms with Gasteiger partial charge in [0.05, 0.1) is 31.9 Å². The van der Waals surface area contributed by atoms with Gasteiger partial charge in [0.1, 0.15) is 53.8 Å². The molecule has 9 amide bonds. The lowest BCUT2D eigenvalue weighted by Crippen LogP contribution is -2.61. The quantitative estimate of drug-likeness (QED) is 0.0184. The molecule has 2 aromatic rings. The highest BCUT2D eigenvalue weighted by Gasteiger charge is 2.36. The van der Waals surface area contributed by atoms with Crippen LogP contribution >= 0.6 is 0 Å². The molecular weight excluding hydrogens is 979 g/mol. The minimum Gasteiger partial charge on any atom is -0.508 e. The van der Waals surface area contributed by atoms with Gasteiger partial charge >= 0.3 is 11.9 Å². The van der Waals surface area contributed by atoms with Crippen LogP contribution in [0.3, 0.4) is 0 Å². The third kappa shape index (κ3) is 22.6.